The molecule has 0 unspecified atom stereocenters. The molecule has 1 N–H and O–H groups in total. The third-order valence-electron chi connectivity index (χ3n) is 3.76. The van der Waals surface area contributed by atoms with E-state index in [1.807, 2.05) is 12.1 Å². The molecule has 1 aromatic carbocycles. The molecular weight excluding hydrogens is 251 g/mol. The van der Waals surface area contributed by atoms with Gasteiger partial charge < -0.3 is 5.32 Å². The molecule has 3 heteroatoms. The van der Waals surface area contributed by atoms with Crippen LogP contribution in [0.2, 0.25) is 0 Å². The summed E-state index contributed by atoms with van der Waals surface area (Å²) in [5.74, 6) is -0.0719. The SMILES string of the molecule is CCCN(CCC)Cc1cc(CNC2CC2)ccc1F. The van der Waals surface area contributed by atoms with Gasteiger partial charge in [0.2, 0.25) is 0 Å². The monoisotopic (exact) mass is 278 g/mol. The third kappa shape index (κ3) is 4.88. The van der Waals surface area contributed by atoms with Gasteiger partial charge in [-0.15, -0.1) is 0 Å². The first kappa shape index (κ1) is 15.5. The number of halogens is 1. The Morgan fingerprint density at radius 1 is 1.20 bits per heavy atom. The van der Waals surface area contributed by atoms with E-state index in [-0.39, 0.29) is 5.82 Å². The van der Waals surface area contributed by atoms with Crippen LogP contribution in [0.3, 0.4) is 0 Å². The van der Waals surface area contributed by atoms with Crippen LogP contribution in [-0.4, -0.2) is 24.0 Å². The van der Waals surface area contributed by atoms with Crippen LogP contribution in [0.5, 0.6) is 0 Å². The van der Waals surface area contributed by atoms with Crippen molar-refractivity contribution in [3.05, 3.63) is 35.1 Å². The summed E-state index contributed by atoms with van der Waals surface area (Å²) in [6, 6.07) is 6.25. The van der Waals surface area contributed by atoms with Gasteiger partial charge in [-0.25, -0.2) is 4.39 Å². The average molecular weight is 278 g/mol. The number of nitrogens with one attached hydrogen (secondary N) is 1. The van der Waals surface area contributed by atoms with Crippen LogP contribution in [0.15, 0.2) is 18.2 Å². The summed E-state index contributed by atoms with van der Waals surface area (Å²) in [4.78, 5) is 2.34. The Morgan fingerprint density at radius 2 is 1.90 bits per heavy atom. The van der Waals surface area contributed by atoms with E-state index in [0.717, 1.165) is 44.6 Å². The molecule has 1 aliphatic rings. The van der Waals surface area contributed by atoms with E-state index in [0.29, 0.717) is 6.04 Å². The van der Waals surface area contributed by atoms with E-state index < -0.39 is 0 Å². The van der Waals surface area contributed by atoms with E-state index in [1.165, 1.54) is 18.4 Å². The van der Waals surface area contributed by atoms with Gasteiger partial charge in [0.1, 0.15) is 5.82 Å². The fourth-order valence-electron chi connectivity index (χ4n) is 2.55. The topological polar surface area (TPSA) is 15.3 Å². The summed E-state index contributed by atoms with van der Waals surface area (Å²) in [7, 11) is 0. The lowest BCUT2D eigenvalue weighted by molar-refractivity contribution is 0.262. The zero-order chi connectivity index (χ0) is 14.4. The van der Waals surface area contributed by atoms with Crippen LogP contribution in [0.4, 0.5) is 4.39 Å². The number of nitrogens with zero attached hydrogens (tertiary/aromatic N) is 1. The highest BCUT2D eigenvalue weighted by Crippen LogP contribution is 2.20. The first-order valence-corrected chi connectivity index (χ1v) is 7.96. The standard InChI is InChI=1S/C17H27FN2/c1-3-9-20(10-4-2)13-15-11-14(5-8-17(15)18)12-19-16-6-7-16/h5,8,11,16,19H,3-4,6-7,9-10,12-13H2,1-2H3. The van der Waals surface area contributed by atoms with E-state index in [4.69, 9.17) is 0 Å². The van der Waals surface area contributed by atoms with Gasteiger partial charge in [-0.3, -0.25) is 4.90 Å². The number of hydrogen-bond donors (Lipinski definition) is 1. The van der Waals surface area contributed by atoms with Crippen LogP contribution in [-0.2, 0) is 13.1 Å². The molecule has 20 heavy (non-hydrogen) atoms. The Kier molecular flexibility index (Phi) is 5.99. The summed E-state index contributed by atoms with van der Waals surface area (Å²) < 4.78 is 14.0. The normalized spacial score (nSPS) is 15.0. The maximum absolute atomic E-state index is 14.0. The van der Waals surface area contributed by atoms with Gasteiger partial charge in [0.25, 0.3) is 0 Å². The van der Waals surface area contributed by atoms with Crippen molar-refractivity contribution >= 4 is 0 Å². The summed E-state index contributed by atoms with van der Waals surface area (Å²) in [6.45, 7) is 8.02. The Bertz CT molecular complexity index is 409. The summed E-state index contributed by atoms with van der Waals surface area (Å²) >= 11 is 0. The van der Waals surface area contributed by atoms with Crippen molar-refractivity contribution in [2.45, 2.75) is 58.7 Å². The highest BCUT2D eigenvalue weighted by Gasteiger charge is 2.20. The molecule has 0 aliphatic heterocycles. The Balaban J connectivity index is 1.97. The maximum Gasteiger partial charge on any atom is 0.127 e. The molecular formula is C17H27FN2. The van der Waals surface area contributed by atoms with Crippen LogP contribution in [0.1, 0.15) is 50.7 Å². The Labute approximate surface area is 122 Å². The van der Waals surface area contributed by atoms with Gasteiger partial charge in [0.05, 0.1) is 0 Å². The molecule has 0 heterocycles. The molecule has 0 spiro atoms. The predicted octanol–water partition coefficient (Wildman–Crippen LogP) is 3.70. The van der Waals surface area contributed by atoms with E-state index in [9.17, 15) is 4.39 Å². The lowest BCUT2D eigenvalue weighted by Crippen LogP contribution is -2.25. The lowest BCUT2D eigenvalue weighted by atomic mass is 10.1. The van der Waals surface area contributed by atoms with Crippen molar-refractivity contribution in [3.63, 3.8) is 0 Å². The molecule has 112 valence electrons. The first-order chi connectivity index (χ1) is 9.72. The summed E-state index contributed by atoms with van der Waals surface area (Å²) in [5.41, 5.74) is 2.03. The van der Waals surface area contributed by atoms with Crippen molar-refractivity contribution in [2.75, 3.05) is 13.1 Å². The second kappa shape index (κ2) is 7.75. The molecule has 0 saturated heterocycles. The molecule has 0 aromatic heterocycles. The maximum atomic E-state index is 14.0. The zero-order valence-corrected chi connectivity index (χ0v) is 12.8. The minimum absolute atomic E-state index is 0.0719. The molecule has 1 saturated carbocycles. The molecule has 0 bridgehead atoms. The van der Waals surface area contributed by atoms with Crippen molar-refractivity contribution in [1.29, 1.82) is 0 Å². The number of hydrogen-bond acceptors (Lipinski definition) is 2. The Hall–Kier alpha value is -0.930. The van der Waals surface area contributed by atoms with Crippen molar-refractivity contribution in [1.82, 2.24) is 10.2 Å². The molecule has 1 fully saturated rings. The van der Waals surface area contributed by atoms with Gasteiger partial charge in [0.15, 0.2) is 0 Å². The fraction of sp³-hybridized carbons (Fsp3) is 0.647. The van der Waals surface area contributed by atoms with Gasteiger partial charge >= 0.3 is 0 Å². The number of rotatable bonds is 9. The minimum atomic E-state index is -0.0719. The lowest BCUT2D eigenvalue weighted by Gasteiger charge is -2.21. The molecule has 2 rings (SSSR count). The van der Waals surface area contributed by atoms with Gasteiger partial charge in [-0.2, -0.15) is 0 Å². The van der Waals surface area contributed by atoms with Crippen molar-refractivity contribution < 1.29 is 4.39 Å². The van der Waals surface area contributed by atoms with Gasteiger partial charge in [-0.1, -0.05) is 26.0 Å². The van der Waals surface area contributed by atoms with Crippen LogP contribution >= 0.6 is 0 Å². The van der Waals surface area contributed by atoms with Gasteiger partial charge in [0, 0.05) is 24.7 Å². The highest BCUT2D eigenvalue weighted by molar-refractivity contribution is 5.25. The molecule has 0 radical (unpaired) electrons. The van der Waals surface area contributed by atoms with Crippen molar-refractivity contribution in [2.24, 2.45) is 0 Å². The molecule has 1 aliphatic carbocycles. The second-order valence-corrected chi connectivity index (χ2v) is 5.86. The van der Waals surface area contributed by atoms with Crippen LogP contribution in [0.25, 0.3) is 0 Å². The predicted molar refractivity (Wildman–Crippen MR) is 82.1 cm³/mol. The smallest absolute Gasteiger partial charge is 0.127 e. The van der Waals surface area contributed by atoms with Crippen LogP contribution < -0.4 is 5.32 Å². The highest BCUT2D eigenvalue weighted by atomic mass is 19.1. The largest absolute Gasteiger partial charge is 0.310 e. The third-order valence-corrected chi connectivity index (χ3v) is 3.76. The first-order valence-electron chi connectivity index (χ1n) is 7.96. The Morgan fingerprint density at radius 3 is 2.50 bits per heavy atom. The average Bonchev–Trinajstić information content (AvgIpc) is 3.24. The van der Waals surface area contributed by atoms with Crippen LogP contribution in [0, 0.1) is 5.82 Å². The summed E-state index contributed by atoms with van der Waals surface area (Å²) in [5, 5.41) is 3.49. The second-order valence-electron chi connectivity index (χ2n) is 5.86. The molecule has 2 nitrogen and oxygen atoms in total. The minimum Gasteiger partial charge on any atom is -0.310 e. The molecule has 0 amide bonds. The quantitative estimate of drug-likeness (QED) is 0.741. The number of benzene rings is 1. The van der Waals surface area contributed by atoms with E-state index in [2.05, 4.69) is 24.1 Å². The van der Waals surface area contributed by atoms with Crippen molar-refractivity contribution in [3.8, 4) is 0 Å². The van der Waals surface area contributed by atoms with Gasteiger partial charge in [-0.05, 0) is 50.4 Å². The molecule has 1 aromatic rings. The molecule has 0 atom stereocenters. The van der Waals surface area contributed by atoms with E-state index >= 15 is 0 Å². The van der Waals surface area contributed by atoms with E-state index in [1.54, 1.807) is 6.07 Å². The zero-order valence-electron chi connectivity index (χ0n) is 12.8. The fourth-order valence-corrected chi connectivity index (χ4v) is 2.55. The summed E-state index contributed by atoms with van der Waals surface area (Å²) in [6.07, 6.45) is 4.80.